The van der Waals surface area contributed by atoms with Gasteiger partial charge in [-0.15, -0.1) is 0 Å². The van der Waals surface area contributed by atoms with Gasteiger partial charge in [0.2, 0.25) is 5.91 Å². The Balaban J connectivity index is 1.22. The van der Waals surface area contributed by atoms with Crippen molar-refractivity contribution in [3.63, 3.8) is 0 Å². The molecule has 3 aromatic rings. The topological polar surface area (TPSA) is 114 Å². The molecule has 5 rings (SSSR count). The highest BCUT2D eigenvalue weighted by atomic mass is 35.5. The molecule has 0 heterocycles. The normalized spacial score (nSPS) is 18.6. The summed E-state index contributed by atoms with van der Waals surface area (Å²) < 4.78 is 5.40. The molecule has 9 heteroatoms. The monoisotopic (exact) mass is 601 g/mol. The number of halogens is 1. The van der Waals surface area contributed by atoms with Crippen molar-refractivity contribution in [3.8, 4) is 0 Å². The number of ketones is 2. The number of carbonyl (C=O) groups is 4. The van der Waals surface area contributed by atoms with Crippen LogP contribution in [0.15, 0.2) is 66.7 Å². The molecule has 1 saturated carbocycles. The molecule has 8 nitrogen and oxygen atoms in total. The summed E-state index contributed by atoms with van der Waals surface area (Å²) in [5.41, 5.74) is 2.37. The lowest BCUT2D eigenvalue weighted by atomic mass is 9.83. The molecule has 0 radical (unpaired) electrons. The minimum absolute atomic E-state index is 0.0681. The summed E-state index contributed by atoms with van der Waals surface area (Å²) in [7, 11) is 0. The maximum absolute atomic E-state index is 13.4. The fourth-order valence-electron chi connectivity index (χ4n) is 5.71. The van der Waals surface area contributed by atoms with Crippen LogP contribution < -0.4 is 16.0 Å². The number of nitrogens with one attached hydrogen (secondary N) is 3. The van der Waals surface area contributed by atoms with E-state index in [-0.39, 0.29) is 36.0 Å². The van der Waals surface area contributed by atoms with E-state index in [0.29, 0.717) is 45.8 Å². The maximum atomic E-state index is 13.4. The second-order valence-corrected chi connectivity index (χ2v) is 12.5. The standard InChI is InChI=1S/C34H36ClN3O5/c1-34(2,3)43-33(42)38-28(19-20-9-4-7-13-26(20)35)32(41)37-22-17-15-21(16-18-22)36-27-14-8-12-25-29(27)31(40)24-11-6-5-10-23(24)30(25)39/h4-14,21-22,28,36H,15-19H2,1-3H3,(H,37,41)(H,38,42)/t21?,22?,28-/m1/s1. The summed E-state index contributed by atoms with van der Waals surface area (Å²) in [6.45, 7) is 5.29. The van der Waals surface area contributed by atoms with Crippen LogP contribution in [-0.4, -0.2) is 47.3 Å². The first-order chi connectivity index (χ1) is 20.5. The molecule has 2 aliphatic rings. The molecule has 0 saturated heterocycles. The maximum Gasteiger partial charge on any atom is 0.408 e. The van der Waals surface area contributed by atoms with Gasteiger partial charge in [0.15, 0.2) is 11.6 Å². The third kappa shape index (κ3) is 7.08. The van der Waals surface area contributed by atoms with Gasteiger partial charge in [0.25, 0.3) is 0 Å². The van der Waals surface area contributed by atoms with Gasteiger partial charge in [-0.3, -0.25) is 14.4 Å². The summed E-state index contributed by atoms with van der Waals surface area (Å²) in [5.74, 6) is -0.606. The van der Waals surface area contributed by atoms with E-state index in [2.05, 4.69) is 16.0 Å². The van der Waals surface area contributed by atoms with Gasteiger partial charge in [-0.25, -0.2) is 4.79 Å². The van der Waals surface area contributed by atoms with Gasteiger partial charge >= 0.3 is 6.09 Å². The molecule has 224 valence electrons. The molecule has 0 bridgehead atoms. The summed E-state index contributed by atoms with van der Waals surface area (Å²) in [6, 6.07) is 18.6. The van der Waals surface area contributed by atoms with Crippen LogP contribution in [0.25, 0.3) is 0 Å². The lowest BCUT2D eigenvalue weighted by Crippen LogP contribution is -2.52. The number of hydrogen-bond acceptors (Lipinski definition) is 6. The van der Waals surface area contributed by atoms with Crippen LogP contribution in [-0.2, 0) is 16.0 Å². The quantitative estimate of drug-likeness (QED) is 0.236. The third-order valence-corrected chi connectivity index (χ3v) is 8.14. The third-order valence-electron chi connectivity index (χ3n) is 7.77. The molecule has 1 atom stereocenters. The average Bonchev–Trinajstić information content (AvgIpc) is 2.96. The highest BCUT2D eigenvalue weighted by Gasteiger charge is 2.33. The smallest absolute Gasteiger partial charge is 0.408 e. The lowest BCUT2D eigenvalue weighted by molar-refractivity contribution is -0.124. The second kappa shape index (κ2) is 12.6. The summed E-state index contributed by atoms with van der Waals surface area (Å²) >= 11 is 6.35. The van der Waals surface area contributed by atoms with Crippen LogP contribution in [0.2, 0.25) is 5.02 Å². The van der Waals surface area contributed by atoms with Gasteiger partial charge in [-0.1, -0.05) is 66.2 Å². The zero-order chi connectivity index (χ0) is 30.7. The average molecular weight is 602 g/mol. The molecule has 0 unspecified atom stereocenters. The first-order valence-corrected chi connectivity index (χ1v) is 15.0. The molecule has 0 spiro atoms. The van der Waals surface area contributed by atoms with Crippen molar-refractivity contribution in [2.24, 2.45) is 0 Å². The summed E-state index contributed by atoms with van der Waals surface area (Å²) in [5, 5.41) is 9.84. The Kier molecular flexibility index (Phi) is 8.87. The van der Waals surface area contributed by atoms with Gasteiger partial charge in [0.1, 0.15) is 11.6 Å². The minimum Gasteiger partial charge on any atom is -0.444 e. The molecule has 1 fully saturated rings. The van der Waals surface area contributed by atoms with E-state index in [1.807, 2.05) is 24.3 Å². The van der Waals surface area contributed by atoms with Gasteiger partial charge in [0.05, 0.1) is 5.56 Å². The zero-order valence-electron chi connectivity index (χ0n) is 24.5. The van der Waals surface area contributed by atoms with Crippen molar-refractivity contribution in [3.05, 3.63) is 99.6 Å². The second-order valence-electron chi connectivity index (χ2n) is 12.1. The van der Waals surface area contributed by atoms with Crippen LogP contribution in [0.3, 0.4) is 0 Å². The number of rotatable bonds is 7. The van der Waals surface area contributed by atoms with E-state index in [1.54, 1.807) is 63.2 Å². The van der Waals surface area contributed by atoms with Crippen LogP contribution >= 0.6 is 11.6 Å². The molecule has 43 heavy (non-hydrogen) atoms. The van der Waals surface area contributed by atoms with Crippen molar-refractivity contribution in [2.45, 2.75) is 76.6 Å². The minimum atomic E-state index is -0.868. The molecular formula is C34H36ClN3O5. The van der Waals surface area contributed by atoms with E-state index in [4.69, 9.17) is 16.3 Å². The first-order valence-electron chi connectivity index (χ1n) is 14.6. The van der Waals surface area contributed by atoms with Crippen LogP contribution in [0.5, 0.6) is 0 Å². The Morgan fingerprint density at radius 1 is 0.837 bits per heavy atom. The Bertz CT molecular complexity index is 1560. The Morgan fingerprint density at radius 2 is 1.44 bits per heavy atom. The van der Waals surface area contributed by atoms with Crippen molar-refractivity contribution < 1.29 is 23.9 Å². The SMILES string of the molecule is CC(C)(C)OC(=O)N[C@H](Cc1ccccc1Cl)C(=O)NC1CCC(Nc2cccc3c2C(=O)c2ccccc2C3=O)CC1. The van der Waals surface area contributed by atoms with Gasteiger partial charge in [-0.2, -0.15) is 0 Å². The summed E-state index contributed by atoms with van der Waals surface area (Å²) in [4.78, 5) is 52.5. The predicted octanol–water partition coefficient (Wildman–Crippen LogP) is 6.09. The van der Waals surface area contributed by atoms with E-state index in [0.717, 1.165) is 18.4 Å². The number of hydrogen-bond donors (Lipinski definition) is 3. The lowest BCUT2D eigenvalue weighted by Gasteiger charge is -2.32. The Morgan fingerprint density at radius 3 is 2.12 bits per heavy atom. The van der Waals surface area contributed by atoms with Crippen molar-refractivity contribution >= 4 is 40.9 Å². The number of benzene rings is 3. The van der Waals surface area contributed by atoms with Crippen LogP contribution in [0, 0.1) is 0 Å². The predicted molar refractivity (Wildman–Crippen MR) is 166 cm³/mol. The summed E-state index contributed by atoms with van der Waals surface area (Å²) in [6.07, 6.45) is 2.47. The highest BCUT2D eigenvalue weighted by Crippen LogP contribution is 2.33. The fraction of sp³-hybridized carbons (Fsp3) is 0.353. The number of amides is 2. The van der Waals surface area contributed by atoms with Crippen LogP contribution in [0.4, 0.5) is 10.5 Å². The van der Waals surface area contributed by atoms with Gasteiger partial charge in [0, 0.05) is 45.9 Å². The molecule has 2 amide bonds. The van der Waals surface area contributed by atoms with Crippen LogP contribution in [0.1, 0.15) is 83.9 Å². The molecule has 0 aliphatic heterocycles. The fourth-order valence-corrected chi connectivity index (χ4v) is 5.92. The van der Waals surface area contributed by atoms with Gasteiger partial charge < -0.3 is 20.7 Å². The van der Waals surface area contributed by atoms with E-state index in [1.165, 1.54) is 0 Å². The van der Waals surface area contributed by atoms with Crippen molar-refractivity contribution in [1.29, 1.82) is 0 Å². The van der Waals surface area contributed by atoms with E-state index in [9.17, 15) is 19.2 Å². The van der Waals surface area contributed by atoms with Gasteiger partial charge in [-0.05, 0) is 64.2 Å². The number of alkyl carbamates (subject to hydrolysis) is 1. The Labute approximate surface area is 256 Å². The van der Waals surface area contributed by atoms with E-state index < -0.39 is 17.7 Å². The van der Waals surface area contributed by atoms with Crippen molar-refractivity contribution in [2.75, 3.05) is 5.32 Å². The van der Waals surface area contributed by atoms with Crippen molar-refractivity contribution in [1.82, 2.24) is 10.6 Å². The Hall–Kier alpha value is -4.17. The number of ether oxygens (including phenoxy) is 1. The molecule has 0 aromatic heterocycles. The molecule has 3 aromatic carbocycles. The number of carbonyl (C=O) groups excluding carboxylic acids is 4. The number of fused-ring (bicyclic) bond motifs is 2. The molecule has 2 aliphatic carbocycles. The largest absolute Gasteiger partial charge is 0.444 e. The number of anilines is 1. The molecular weight excluding hydrogens is 566 g/mol. The van der Waals surface area contributed by atoms with E-state index >= 15 is 0 Å². The highest BCUT2D eigenvalue weighted by molar-refractivity contribution is 6.31. The molecule has 3 N–H and O–H groups in total. The zero-order valence-corrected chi connectivity index (χ0v) is 25.3. The first kappa shape index (κ1) is 30.3.